The number of carboxylic acid groups (broad SMARTS) is 1. The molecule has 3 rings (SSSR count). The minimum atomic E-state index is -0.978. The summed E-state index contributed by atoms with van der Waals surface area (Å²) in [5.74, 6) is 0.404. The quantitative estimate of drug-likeness (QED) is 0.358. The van der Waals surface area contributed by atoms with Gasteiger partial charge >= 0.3 is 5.97 Å². The molecule has 0 saturated heterocycles. The first-order valence-electron chi connectivity index (χ1n) is 9.98. The smallest absolute Gasteiger partial charge is 0.309 e. The van der Waals surface area contributed by atoms with E-state index in [0.29, 0.717) is 36.0 Å². The highest BCUT2D eigenvalue weighted by molar-refractivity contribution is 6.08. The van der Waals surface area contributed by atoms with E-state index in [4.69, 9.17) is 24.8 Å². The van der Waals surface area contributed by atoms with Gasteiger partial charge in [0.2, 0.25) is 5.71 Å². The zero-order valence-electron chi connectivity index (χ0n) is 17.7. The summed E-state index contributed by atoms with van der Waals surface area (Å²) in [5, 5.41) is 18.9. The fourth-order valence-corrected chi connectivity index (χ4v) is 2.93. The minimum absolute atomic E-state index is 0.225. The Balaban J connectivity index is 1.51. The van der Waals surface area contributed by atoms with Crippen molar-refractivity contribution in [2.75, 3.05) is 13.7 Å². The van der Waals surface area contributed by atoms with Crippen molar-refractivity contribution >= 4 is 17.4 Å². The van der Waals surface area contributed by atoms with Gasteiger partial charge in [-0.05, 0) is 54.1 Å². The Morgan fingerprint density at radius 3 is 2.12 bits per heavy atom. The third-order valence-electron chi connectivity index (χ3n) is 4.58. The van der Waals surface area contributed by atoms with Gasteiger partial charge in [-0.15, -0.1) is 0 Å². The Bertz CT molecular complexity index is 1060. The highest BCUT2D eigenvalue weighted by Crippen LogP contribution is 2.18. The first-order valence-corrected chi connectivity index (χ1v) is 9.98. The molecule has 0 radical (unpaired) electrons. The lowest BCUT2D eigenvalue weighted by Crippen LogP contribution is -2.43. The van der Waals surface area contributed by atoms with E-state index >= 15 is 0 Å². The molecule has 3 N–H and O–H groups in total. The molecule has 7 nitrogen and oxygen atoms in total. The zero-order valence-corrected chi connectivity index (χ0v) is 17.7. The molecule has 0 aliphatic carbocycles. The fourth-order valence-electron chi connectivity index (χ4n) is 2.93. The van der Waals surface area contributed by atoms with Gasteiger partial charge in [0.25, 0.3) is 0 Å². The topological polar surface area (TPSA) is 103 Å². The van der Waals surface area contributed by atoms with Crippen LogP contribution in [0.3, 0.4) is 0 Å². The summed E-state index contributed by atoms with van der Waals surface area (Å²) >= 11 is 0. The lowest BCUT2D eigenvalue weighted by atomic mass is 10.1. The van der Waals surface area contributed by atoms with Gasteiger partial charge in [0.15, 0.2) is 6.61 Å². The van der Waals surface area contributed by atoms with Gasteiger partial charge in [-0.2, -0.15) is 0 Å². The van der Waals surface area contributed by atoms with Crippen molar-refractivity contribution in [2.24, 2.45) is 5.16 Å². The molecule has 0 aliphatic rings. The molecule has 7 heteroatoms. The third kappa shape index (κ3) is 6.70. The van der Waals surface area contributed by atoms with Gasteiger partial charge in [0.1, 0.15) is 25.2 Å². The number of hydrogen-bond donors (Lipinski definition) is 2. The summed E-state index contributed by atoms with van der Waals surface area (Å²) in [6.07, 6.45) is -0.225. The molecule has 0 bridgehead atoms. The number of nitrogens with zero attached hydrogens (tertiary/aromatic N) is 1. The van der Waals surface area contributed by atoms with Gasteiger partial charge in [0.05, 0.1) is 12.1 Å². The second kappa shape index (κ2) is 11.3. The van der Waals surface area contributed by atoms with Crippen LogP contribution >= 0.6 is 0 Å². The predicted octanol–water partition coefficient (Wildman–Crippen LogP) is 2.72. The number of carboxylic acids is 1. The Morgan fingerprint density at radius 1 is 0.875 bits per heavy atom. The lowest BCUT2D eigenvalue weighted by molar-refractivity contribution is -0.135. The van der Waals surface area contributed by atoms with Crippen LogP contribution in [0.5, 0.6) is 11.5 Å². The Hall–Kier alpha value is -4.13. The van der Waals surface area contributed by atoms with E-state index in [2.05, 4.69) is 5.16 Å². The molecule has 3 aromatic rings. The molecule has 0 saturated carbocycles. The Kier molecular flexibility index (Phi) is 7.97. The van der Waals surface area contributed by atoms with Gasteiger partial charge in [-0.1, -0.05) is 35.5 Å². The third-order valence-corrected chi connectivity index (χ3v) is 4.58. The van der Waals surface area contributed by atoms with Crippen LogP contribution in [0.25, 0.3) is 0 Å². The van der Waals surface area contributed by atoms with E-state index in [1.54, 1.807) is 24.3 Å². The lowest BCUT2D eigenvalue weighted by Gasteiger charge is -2.09. The molecule has 0 unspecified atom stereocenters. The molecule has 3 aromatic carbocycles. The molecular weight excluding hydrogens is 408 g/mol. The summed E-state index contributed by atoms with van der Waals surface area (Å²) in [6, 6.07) is 24.4. The van der Waals surface area contributed by atoms with E-state index in [1.807, 2.05) is 54.6 Å². The normalized spacial score (nSPS) is 11.0. The van der Waals surface area contributed by atoms with Crippen molar-refractivity contribution in [3.63, 3.8) is 0 Å². The van der Waals surface area contributed by atoms with Crippen molar-refractivity contribution < 1.29 is 29.6 Å². The molecule has 0 aliphatic heterocycles. The number of aliphatic carboxylic acids is 1. The number of oxime groups is 1. The molecular formula is C25H25N2O5+. The standard InChI is InChI=1S/C25H24N2O5/c1-30-27-24(15-25(28)29)20-9-13-22(14-10-20)31-16-18-7-11-21(12-8-18)32-17-23(26)19-5-3-2-4-6-19/h2-14,26H,15-17H2,1H3,(H,28,29)/p+1/b26-23?,27-24-. The van der Waals surface area contributed by atoms with Crippen LogP contribution in [-0.4, -0.2) is 36.2 Å². The van der Waals surface area contributed by atoms with Crippen molar-refractivity contribution in [1.82, 2.24) is 0 Å². The molecule has 0 aromatic heterocycles. The highest BCUT2D eigenvalue weighted by atomic mass is 16.6. The van der Waals surface area contributed by atoms with Crippen LogP contribution in [0.2, 0.25) is 0 Å². The highest BCUT2D eigenvalue weighted by Gasteiger charge is 2.10. The number of ether oxygens (including phenoxy) is 2. The zero-order chi connectivity index (χ0) is 22.8. The summed E-state index contributed by atoms with van der Waals surface area (Å²) < 4.78 is 11.6. The summed E-state index contributed by atoms with van der Waals surface area (Å²) in [4.78, 5) is 15.7. The van der Waals surface area contributed by atoms with Crippen molar-refractivity contribution in [3.05, 3.63) is 95.6 Å². The maximum atomic E-state index is 11.0. The van der Waals surface area contributed by atoms with Crippen molar-refractivity contribution in [2.45, 2.75) is 13.0 Å². The molecule has 32 heavy (non-hydrogen) atoms. The fraction of sp³-hybridized carbons (Fsp3) is 0.160. The summed E-state index contributed by atoms with van der Waals surface area (Å²) in [7, 11) is 1.38. The number of rotatable bonds is 11. The number of hydrogen-bond acceptors (Lipinski definition) is 5. The number of benzene rings is 3. The van der Waals surface area contributed by atoms with E-state index in [0.717, 1.165) is 16.9 Å². The maximum Gasteiger partial charge on any atom is 0.309 e. The molecule has 0 heterocycles. The van der Waals surface area contributed by atoms with Crippen molar-refractivity contribution in [1.29, 1.82) is 0 Å². The van der Waals surface area contributed by atoms with Crippen LogP contribution in [0.15, 0.2) is 84.0 Å². The second-order valence-electron chi connectivity index (χ2n) is 6.93. The Labute approximate surface area is 186 Å². The minimum Gasteiger partial charge on any atom is -0.489 e. The monoisotopic (exact) mass is 433 g/mol. The first-order chi connectivity index (χ1) is 15.5. The summed E-state index contributed by atoms with van der Waals surface area (Å²) in [5.41, 5.74) is 3.60. The van der Waals surface area contributed by atoms with E-state index in [9.17, 15) is 4.79 Å². The average Bonchev–Trinajstić information content (AvgIpc) is 2.82. The molecule has 0 amide bonds. The van der Waals surface area contributed by atoms with Crippen molar-refractivity contribution in [3.8, 4) is 11.5 Å². The predicted molar refractivity (Wildman–Crippen MR) is 121 cm³/mol. The van der Waals surface area contributed by atoms with E-state index in [1.165, 1.54) is 7.11 Å². The maximum absolute atomic E-state index is 11.0. The molecule has 164 valence electrons. The van der Waals surface area contributed by atoms with E-state index in [-0.39, 0.29) is 6.42 Å². The van der Waals surface area contributed by atoms with Crippen LogP contribution in [0.1, 0.15) is 23.1 Å². The Morgan fingerprint density at radius 2 is 1.50 bits per heavy atom. The van der Waals surface area contributed by atoms with Gasteiger partial charge in [-0.25, -0.2) is 0 Å². The summed E-state index contributed by atoms with van der Waals surface area (Å²) in [6.45, 7) is 0.689. The first kappa shape index (κ1) is 22.6. The van der Waals surface area contributed by atoms with Crippen LogP contribution in [0.4, 0.5) is 0 Å². The molecule has 0 spiro atoms. The van der Waals surface area contributed by atoms with E-state index < -0.39 is 5.97 Å². The largest absolute Gasteiger partial charge is 0.489 e. The SMILES string of the molecule is CO/N=C(/CC(=O)O)c1ccc(OCc2ccc(OCC(=[NH2+])c3ccccc3)cc2)cc1. The second-order valence-corrected chi connectivity index (χ2v) is 6.93. The van der Waals surface area contributed by atoms with Gasteiger partial charge in [-0.3, -0.25) is 10.2 Å². The molecule has 0 atom stereocenters. The van der Waals surface area contributed by atoms with Crippen LogP contribution in [-0.2, 0) is 16.2 Å². The van der Waals surface area contributed by atoms with Crippen LogP contribution < -0.4 is 14.9 Å². The van der Waals surface area contributed by atoms with Crippen LogP contribution in [0, 0.1) is 0 Å². The molecule has 0 fully saturated rings. The van der Waals surface area contributed by atoms with Gasteiger partial charge in [0, 0.05) is 11.1 Å². The number of carbonyl (C=O) groups is 1. The average molecular weight is 433 g/mol. The van der Waals surface area contributed by atoms with Gasteiger partial charge < -0.3 is 19.4 Å². The number of nitrogens with two attached hydrogens (primary N) is 1.